The number of hydrogen-bond acceptors (Lipinski definition) is 2. The first-order valence-electron chi connectivity index (χ1n) is 4.37. The van der Waals surface area contributed by atoms with Gasteiger partial charge in [0.2, 0.25) is 5.91 Å². The van der Waals surface area contributed by atoms with Gasteiger partial charge in [0.05, 0.1) is 0 Å². The molecule has 0 aromatic heterocycles. The van der Waals surface area contributed by atoms with E-state index in [1.807, 2.05) is 0 Å². The van der Waals surface area contributed by atoms with Crippen LogP contribution in [0.3, 0.4) is 0 Å². The van der Waals surface area contributed by atoms with Gasteiger partial charge < -0.3 is 10.2 Å². The van der Waals surface area contributed by atoms with Crippen molar-refractivity contribution in [3.8, 4) is 0 Å². The number of nitrogens with one attached hydrogen (secondary N) is 1. The Balaban J connectivity index is 3.40. The lowest BCUT2D eigenvalue weighted by Crippen LogP contribution is -2.33. The Morgan fingerprint density at radius 2 is 2.08 bits per heavy atom. The van der Waals surface area contributed by atoms with Crippen molar-refractivity contribution < 1.29 is 4.79 Å². The van der Waals surface area contributed by atoms with E-state index >= 15 is 0 Å². The van der Waals surface area contributed by atoms with Gasteiger partial charge in [0.25, 0.3) is 0 Å². The van der Waals surface area contributed by atoms with E-state index in [9.17, 15) is 4.79 Å². The van der Waals surface area contributed by atoms with Crippen LogP contribution in [0.1, 0.15) is 13.8 Å². The van der Waals surface area contributed by atoms with E-state index in [-0.39, 0.29) is 5.91 Å². The summed E-state index contributed by atoms with van der Waals surface area (Å²) in [6.45, 7) is 11.3. The van der Waals surface area contributed by atoms with Gasteiger partial charge >= 0.3 is 0 Å². The molecule has 0 bridgehead atoms. The van der Waals surface area contributed by atoms with Crippen molar-refractivity contribution >= 4 is 5.91 Å². The molecule has 0 atom stereocenters. The molecule has 0 unspecified atom stereocenters. The SMILES string of the molecule is C=CC(=O)NCCN(CC)CC. The molecule has 1 amide bonds. The summed E-state index contributed by atoms with van der Waals surface area (Å²) < 4.78 is 0. The van der Waals surface area contributed by atoms with Gasteiger partial charge in [0, 0.05) is 13.1 Å². The first kappa shape index (κ1) is 11.2. The van der Waals surface area contributed by atoms with Crippen molar-refractivity contribution in [3.63, 3.8) is 0 Å². The van der Waals surface area contributed by atoms with Gasteiger partial charge in [-0.1, -0.05) is 20.4 Å². The summed E-state index contributed by atoms with van der Waals surface area (Å²) in [5, 5.41) is 2.73. The maximum Gasteiger partial charge on any atom is 0.243 e. The lowest BCUT2D eigenvalue weighted by atomic mass is 10.4. The minimum Gasteiger partial charge on any atom is -0.351 e. The first-order valence-corrected chi connectivity index (χ1v) is 4.37. The Kier molecular flexibility index (Phi) is 6.38. The normalized spacial score (nSPS) is 9.92. The van der Waals surface area contributed by atoms with Crippen LogP contribution in [0, 0.1) is 0 Å². The summed E-state index contributed by atoms with van der Waals surface area (Å²) in [6.07, 6.45) is 1.29. The van der Waals surface area contributed by atoms with Crippen LogP contribution in [-0.2, 0) is 4.79 Å². The van der Waals surface area contributed by atoms with E-state index < -0.39 is 0 Å². The lowest BCUT2D eigenvalue weighted by molar-refractivity contribution is -0.116. The molecule has 0 heterocycles. The summed E-state index contributed by atoms with van der Waals surface area (Å²) in [5.74, 6) is -0.0952. The molecular weight excluding hydrogens is 152 g/mol. The van der Waals surface area contributed by atoms with Gasteiger partial charge in [-0.2, -0.15) is 0 Å². The topological polar surface area (TPSA) is 32.3 Å². The second-order valence-electron chi connectivity index (χ2n) is 2.52. The summed E-state index contributed by atoms with van der Waals surface area (Å²) in [6, 6.07) is 0. The summed E-state index contributed by atoms with van der Waals surface area (Å²) >= 11 is 0. The van der Waals surface area contributed by atoms with Crippen LogP contribution in [0.15, 0.2) is 12.7 Å². The molecular formula is C9H18N2O. The maximum absolute atomic E-state index is 10.7. The second-order valence-corrected chi connectivity index (χ2v) is 2.52. The highest BCUT2D eigenvalue weighted by atomic mass is 16.1. The van der Waals surface area contributed by atoms with Crippen LogP contribution >= 0.6 is 0 Å². The molecule has 0 aliphatic carbocycles. The molecule has 0 aliphatic heterocycles. The quantitative estimate of drug-likeness (QED) is 0.593. The first-order chi connectivity index (χ1) is 5.74. The fourth-order valence-corrected chi connectivity index (χ4v) is 0.949. The summed E-state index contributed by atoms with van der Waals surface area (Å²) in [7, 11) is 0. The number of carbonyl (C=O) groups is 1. The molecule has 70 valence electrons. The standard InChI is InChI=1S/C9H18N2O/c1-4-9(12)10-7-8-11(5-2)6-3/h4H,1,5-8H2,2-3H3,(H,10,12). The smallest absolute Gasteiger partial charge is 0.243 e. The van der Waals surface area contributed by atoms with E-state index in [4.69, 9.17) is 0 Å². The maximum atomic E-state index is 10.7. The predicted octanol–water partition coefficient (Wildman–Crippen LogP) is 0.630. The van der Waals surface area contributed by atoms with E-state index in [1.54, 1.807) is 0 Å². The van der Waals surface area contributed by atoms with E-state index in [1.165, 1.54) is 6.08 Å². The van der Waals surface area contributed by atoms with Crippen LogP contribution in [-0.4, -0.2) is 37.0 Å². The molecule has 0 aromatic rings. The molecule has 12 heavy (non-hydrogen) atoms. The number of likely N-dealkylation sites (N-methyl/N-ethyl adjacent to an activating group) is 1. The number of amides is 1. The molecule has 0 aromatic carbocycles. The van der Waals surface area contributed by atoms with Crippen molar-refractivity contribution in [2.45, 2.75) is 13.8 Å². The van der Waals surface area contributed by atoms with Crippen LogP contribution < -0.4 is 5.32 Å². The molecule has 0 radical (unpaired) electrons. The second kappa shape index (κ2) is 6.85. The zero-order chi connectivity index (χ0) is 9.40. The van der Waals surface area contributed by atoms with Crippen molar-refractivity contribution in [1.82, 2.24) is 10.2 Å². The highest BCUT2D eigenvalue weighted by Crippen LogP contribution is 1.83. The van der Waals surface area contributed by atoms with Crippen LogP contribution in [0.25, 0.3) is 0 Å². The fraction of sp³-hybridized carbons (Fsp3) is 0.667. The third-order valence-corrected chi connectivity index (χ3v) is 1.81. The molecule has 0 aliphatic rings. The Morgan fingerprint density at radius 1 is 1.50 bits per heavy atom. The fourth-order valence-electron chi connectivity index (χ4n) is 0.949. The Hall–Kier alpha value is -0.830. The highest BCUT2D eigenvalue weighted by molar-refractivity contribution is 5.86. The number of hydrogen-bond donors (Lipinski definition) is 1. The zero-order valence-electron chi connectivity index (χ0n) is 7.97. The molecule has 0 fully saturated rings. The summed E-state index contributed by atoms with van der Waals surface area (Å²) in [5.41, 5.74) is 0. The zero-order valence-corrected chi connectivity index (χ0v) is 7.97. The Bertz CT molecular complexity index is 141. The molecule has 3 nitrogen and oxygen atoms in total. The molecule has 0 saturated heterocycles. The third kappa shape index (κ3) is 4.91. The number of rotatable bonds is 6. The minimum atomic E-state index is -0.0952. The van der Waals surface area contributed by atoms with Crippen molar-refractivity contribution in [1.29, 1.82) is 0 Å². The average molecular weight is 170 g/mol. The van der Waals surface area contributed by atoms with Gasteiger partial charge in [-0.3, -0.25) is 4.79 Å². The van der Waals surface area contributed by atoms with Gasteiger partial charge in [-0.15, -0.1) is 0 Å². The van der Waals surface area contributed by atoms with Crippen molar-refractivity contribution in [2.75, 3.05) is 26.2 Å². The van der Waals surface area contributed by atoms with Crippen LogP contribution in [0.2, 0.25) is 0 Å². The van der Waals surface area contributed by atoms with Crippen LogP contribution in [0.5, 0.6) is 0 Å². The summed E-state index contributed by atoms with van der Waals surface area (Å²) in [4.78, 5) is 13.0. The third-order valence-electron chi connectivity index (χ3n) is 1.81. The molecule has 0 saturated carbocycles. The van der Waals surface area contributed by atoms with Gasteiger partial charge in [0.15, 0.2) is 0 Å². The van der Waals surface area contributed by atoms with Crippen LogP contribution in [0.4, 0.5) is 0 Å². The largest absolute Gasteiger partial charge is 0.351 e. The average Bonchev–Trinajstić information content (AvgIpc) is 2.12. The van der Waals surface area contributed by atoms with E-state index in [0.29, 0.717) is 6.54 Å². The number of nitrogens with zero attached hydrogens (tertiary/aromatic N) is 1. The Labute approximate surface area is 74.4 Å². The molecule has 1 N–H and O–H groups in total. The van der Waals surface area contributed by atoms with Gasteiger partial charge in [0.1, 0.15) is 0 Å². The highest BCUT2D eigenvalue weighted by Gasteiger charge is 1.98. The van der Waals surface area contributed by atoms with Gasteiger partial charge in [-0.05, 0) is 19.2 Å². The van der Waals surface area contributed by atoms with E-state index in [0.717, 1.165) is 19.6 Å². The molecule has 0 spiro atoms. The van der Waals surface area contributed by atoms with Crippen molar-refractivity contribution in [2.24, 2.45) is 0 Å². The van der Waals surface area contributed by atoms with Crippen molar-refractivity contribution in [3.05, 3.63) is 12.7 Å². The van der Waals surface area contributed by atoms with E-state index in [2.05, 4.69) is 30.6 Å². The lowest BCUT2D eigenvalue weighted by Gasteiger charge is -2.17. The molecule has 0 rings (SSSR count). The predicted molar refractivity (Wildman–Crippen MR) is 51.0 cm³/mol. The minimum absolute atomic E-state index is 0.0952. The monoisotopic (exact) mass is 170 g/mol. The van der Waals surface area contributed by atoms with Gasteiger partial charge in [-0.25, -0.2) is 0 Å². The Morgan fingerprint density at radius 3 is 2.50 bits per heavy atom. The molecule has 3 heteroatoms. The number of carbonyl (C=O) groups excluding carboxylic acids is 1.